The highest BCUT2D eigenvalue weighted by molar-refractivity contribution is 7.09. The number of hydrogen-bond donors (Lipinski definition) is 0. The Morgan fingerprint density at radius 2 is 2.39 bits per heavy atom. The van der Waals surface area contributed by atoms with Crippen LogP contribution in [-0.2, 0) is 11.3 Å². The van der Waals surface area contributed by atoms with Gasteiger partial charge in [-0.2, -0.15) is 0 Å². The van der Waals surface area contributed by atoms with Gasteiger partial charge in [-0.3, -0.25) is 4.90 Å². The fraction of sp³-hybridized carbons (Fsp3) is 0.529. The number of fused-ring (bicyclic) bond motifs is 1. The Hall–Kier alpha value is -1.50. The van der Waals surface area contributed by atoms with Gasteiger partial charge in [0.25, 0.3) is 0 Å². The minimum absolute atomic E-state index is 0.0370. The second-order valence-electron chi connectivity index (χ2n) is 6.16. The first-order valence-electron chi connectivity index (χ1n) is 8.14. The molecule has 0 aliphatic carbocycles. The van der Waals surface area contributed by atoms with Crippen LogP contribution in [0.4, 0.5) is 0 Å². The minimum atomic E-state index is 0.0370. The molecule has 2 aromatic heterocycles. The molecule has 2 aliphatic heterocycles. The zero-order valence-corrected chi connectivity index (χ0v) is 14.0. The van der Waals surface area contributed by atoms with E-state index in [1.807, 2.05) is 18.2 Å². The fourth-order valence-corrected chi connectivity index (χ4v) is 4.15. The number of aromatic nitrogens is 2. The standard InChI is InChI=1S/C17H21N3O2S/c1-12-19-13(11-23-12)9-20-10-15(17-14(20)5-4-8-21-17)22-16-6-2-3-7-18-16/h2-3,6-7,11,14-15,17H,4-5,8-10H2,1H3/t14-,15+,17+/m0/s1. The van der Waals surface area contributed by atoms with Crippen molar-refractivity contribution in [3.8, 4) is 5.88 Å². The molecule has 0 bridgehead atoms. The predicted molar refractivity (Wildman–Crippen MR) is 88.7 cm³/mol. The normalized spacial score (nSPS) is 27.8. The summed E-state index contributed by atoms with van der Waals surface area (Å²) in [6.45, 7) is 4.62. The van der Waals surface area contributed by atoms with Gasteiger partial charge in [0.2, 0.25) is 5.88 Å². The van der Waals surface area contributed by atoms with E-state index >= 15 is 0 Å². The molecule has 0 radical (unpaired) electrons. The van der Waals surface area contributed by atoms with E-state index in [0.717, 1.165) is 43.2 Å². The van der Waals surface area contributed by atoms with E-state index in [2.05, 4.69) is 27.2 Å². The molecule has 5 nitrogen and oxygen atoms in total. The van der Waals surface area contributed by atoms with Crippen LogP contribution in [0.25, 0.3) is 0 Å². The molecule has 4 rings (SSSR count). The Morgan fingerprint density at radius 3 is 3.17 bits per heavy atom. The molecular weight excluding hydrogens is 310 g/mol. The van der Waals surface area contributed by atoms with Crippen LogP contribution in [0, 0.1) is 6.92 Å². The Balaban J connectivity index is 1.49. The van der Waals surface area contributed by atoms with E-state index in [4.69, 9.17) is 9.47 Å². The molecular formula is C17H21N3O2S. The lowest BCUT2D eigenvalue weighted by Crippen LogP contribution is -2.42. The van der Waals surface area contributed by atoms with E-state index in [9.17, 15) is 0 Å². The summed E-state index contributed by atoms with van der Waals surface area (Å²) in [6, 6.07) is 6.18. The van der Waals surface area contributed by atoms with Crippen LogP contribution in [0.5, 0.6) is 5.88 Å². The van der Waals surface area contributed by atoms with Gasteiger partial charge in [-0.15, -0.1) is 11.3 Å². The second kappa shape index (κ2) is 6.55. The van der Waals surface area contributed by atoms with Crippen molar-refractivity contribution in [3.05, 3.63) is 40.5 Å². The van der Waals surface area contributed by atoms with Crippen molar-refractivity contribution in [3.63, 3.8) is 0 Å². The molecule has 2 aliphatic rings. The SMILES string of the molecule is Cc1nc(CN2C[C@@H](Oc3ccccn3)[C@@H]3OCCC[C@@H]32)cs1. The van der Waals surface area contributed by atoms with Crippen LogP contribution < -0.4 is 4.74 Å². The highest BCUT2D eigenvalue weighted by atomic mass is 32.1. The van der Waals surface area contributed by atoms with E-state index in [1.165, 1.54) is 0 Å². The number of thiazole rings is 1. The van der Waals surface area contributed by atoms with Crippen molar-refractivity contribution in [1.82, 2.24) is 14.9 Å². The van der Waals surface area contributed by atoms with Crippen LogP contribution in [0.2, 0.25) is 0 Å². The molecule has 6 heteroatoms. The van der Waals surface area contributed by atoms with Gasteiger partial charge in [-0.05, 0) is 25.8 Å². The highest BCUT2D eigenvalue weighted by Gasteiger charge is 2.45. The van der Waals surface area contributed by atoms with E-state index in [0.29, 0.717) is 11.9 Å². The first-order valence-corrected chi connectivity index (χ1v) is 9.02. The average Bonchev–Trinajstić information content (AvgIpc) is 3.14. The fourth-order valence-electron chi connectivity index (χ4n) is 3.55. The lowest BCUT2D eigenvalue weighted by Gasteiger charge is -2.31. The van der Waals surface area contributed by atoms with Crippen LogP contribution in [0.3, 0.4) is 0 Å². The largest absolute Gasteiger partial charge is 0.470 e. The van der Waals surface area contributed by atoms with Crippen molar-refractivity contribution in [2.75, 3.05) is 13.2 Å². The van der Waals surface area contributed by atoms with Crippen LogP contribution in [-0.4, -0.2) is 46.3 Å². The van der Waals surface area contributed by atoms with Crippen molar-refractivity contribution >= 4 is 11.3 Å². The van der Waals surface area contributed by atoms with Crippen LogP contribution >= 0.6 is 11.3 Å². The molecule has 0 saturated carbocycles. The molecule has 2 saturated heterocycles. The van der Waals surface area contributed by atoms with Crippen molar-refractivity contribution in [1.29, 1.82) is 0 Å². The third kappa shape index (κ3) is 3.24. The number of hydrogen-bond acceptors (Lipinski definition) is 6. The summed E-state index contributed by atoms with van der Waals surface area (Å²) in [7, 11) is 0. The summed E-state index contributed by atoms with van der Waals surface area (Å²) in [5.74, 6) is 0.678. The van der Waals surface area contributed by atoms with Crippen LogP contribution in [0.1, 0.15) is 23.5 Å². The molecule has 3 atom stereocenters. The van der Waals surface area contributed by atoms with Gasteiger partial charge in [0.1, 0.15) is 12.2 Å². The molecule has 0 amide bonds. The van der Waals surface area contributed by atoms with Crippen molar-refractivity contribution < 1.29 is 9.47 Å². The van der Waals surface area contributed by atoms with Gasteiger partial charge in [0.15, 0.2) is 0 Å². The molecule has 0 aromatic carbocycles. The number of ether oxygens (including phenoxy) is 2. The first kappa shape index (κ1) is 15.1. The predicted octanol–water partition coefficient (Wildman–Crippen LogP) is 2.66. The molecule has 2 fully saturated rings. The summed E-state index contributed by atoms with van der Waals surface area (Å²) in [4.78, 5) is 11.4. The lowest BCUT2D eigenvalue weighted by atomic mass is 10.0. The summed E-state index contributed by atoms with van der Waals surface area (Å²) >= 11 is 1.71. The van der Waals surface area contributed by atoms with E-state index in [1.54, 1.807) is 17.5 Å². The number of aryl methyl sites for hydroxylation is 1. The van der Waals surface area contributed by atoms with E-state index in [-0.39, 0.29) is 12.2 Å². The zero-order chi connectivity index (χ0) is 15.6. The lowest BCUT2D eigenvalue weighted by molar-refractivity contribution is -0.0480. The summed E-state index contributed by atoms with van der Waals surface area (Å²) in [5, 5.41) is 3.28. The maximum atomic E-state index is 6.12. The quantitative estimate of drug-likeness (QED) is 0.862. The third-order valence-corrected chi connectivity index (χ3v) is 5.35. The van der Waals surface area contributed by atoms with E-state index < -0.39 is 0 Å². The summed E-state index contributed by atoms with van der Waals surface area (Å²) in [5.41, 5.74) is 1.15. The molecule has 0 spiro atoms. The Morgan fingerprint density at radius 1 is 1.43 bits per heavy atom. The molecule has 23 heavy (non-hydrogen) atoms. The van der Waals surface area contributed by atoms with Gasteiger partial charge in [-0.25, -0.2) is 9.97 Å². The summed E-state index contributed by atoms with van der Waals surface area (Å²) in [6.07, 6.45) is 4.21. The number of likely N-dealkylation sites (tertiary alicyclic amines) is 1. The third-order valence-electron chi connectivity index (χ3n) is 4.53. The smallest absolute Gasteiger partial charge is 0.213 e. The van der Waals surface area contributed by atoms with Gasteiger partial charge < -0.3 is 9.47 Å². The Labute approximate surface area is 140 Å². The molecule has 0 N–H and O–H groups in total. The second-order valence-corrected chi connectivity index (χ2v) is 7.22. The molecule has 122 valence electrons. The minimum Gasteiger partial charge on any atom is -0.470 e. The number of rotatable bonds is 4. The highest BCUT2D eigenvalue weighted by Crippen LogP contribution is 2.32. The Kier molecular flexibility index (Phi) is 4.29. The van der Waals surface area contributed by atoms with Crippen molar-refractivity contribution in [2.24, 2.45) is 0 Å². The number of nitrogens with zero attached hydrogens (tertiary/aromatic N) is 3. The monoisotopic (exact) mass is 331 g/mol. The van der Waals surface area contributed by atoms with Crippen molar-refractivity contribution in [2.45, 2.75) is 44.6 Å². The van der Waals surface area contributed by atoms with Crippen LogP contribution in [0.15, 0.2) is 29.8 Å². The zero-order valence-electron chi connectivity index (χ0n) is 13.2. The maximum absolute atomic E-state index is 6.12. The van der Waals surface area contributed by atoms with Gasteiger partial charge >= 0.3 is 0 Å². The Bertz CT molecular complexity index is 648. The van der Waals surface area contributed by atoms with Gasteiger partial charge in [0, 0.05) is 43.4 Å². The van der Waals surface area contributed by atoms with Gasteiger partial charge in [0.05, 0.1) is 10.7 Å². The topological polar surface area (TPSA) is 47.5 Å². The number of pyridine rings is 1. The van der Waals surface area contributed by atoms with Gasteiger partial charge in [-0.1, -0.05) is 6.07 Å². The molecule has 4 heterocycles. The summed E-state index contributed by atoms with van der Waals surface area (Å²) < 4.78 is 12.2. The molecule has 2 aromatic rings. The maximum Gasteiger partial charge on any atom is 0.213 e. The first-order chi connectivity index (χ1) is 11.3. The average molecular weight is 331 g/mol. The molecule has 0 unspecified atom stereocenters.